The van der Waals surface area contributed by atoms with Gasteiger partial charge in [0.1, 0.15) is 6.61 Å². The number of aliphatic hydroxyl groups is 1. The van der Waals surface area contributed by atoms with Crippen LogP contribution in [-0.4, -0.2) is 48.8 Å². The lowest BCUT2D eigenvalue weighted by Crippen LogP contribution is -2.28. The summed E-state index contributed by atoms with van der Waals surface area (Å²) < 4.78 is 10.5. The molecule has 0 aliphatic rings. The van der Waals surface area contributed by atoms with Crippen molar-refractivity contribution in [1.82, 2.24) is 5.32 Å². The summed E-state index contributed by atoms with van der Waals surface area (Å²) in [6.07, 6.45) is 23.2. The number of carbonyl (C=O) groups excluding carboxylic acids is 3. The van der Waals surface area contributed by atoms with Crippen LogP contribution in [0.4, 0.5) is 0 Å². The van der Waals surface area contributed by atoms with Gasteiger partial charge in [0, 0.05) is 26.3 Å². The van der Waals surface area contributed by atoms with E-state index in [-0.39, 0.29) is 31.1 Å². The van der Waals surface area contributed by atoms with Gasteiger partial charge in [-0.25, -0.2) is 0 Å². The predicted molar refractivity (Wildman–Crippen MR) is 154 cm³/mol. The highest BCUT2D eigenvalue weighted by Crippen LogP contribution is 2.13. The van der Waals surface area contributed by atoms with E-state index in [1.165, 1.54) is 77.0 Å². The first kappa shape index (κ1) is 36.4. The Hall–Kier alpha value is -1.63. The Balaban J connectivity index is 3.56. The number of hydrogen-bond donors (Lipinski definition) is 2. The van der Waals surface area contributed by atoms with Gasteiger partial charge < -0.3 is 19.9 Å². The van der Waals surface area contributed by atoms with Gasteiger partial charge in [-0.1, -0.05) is 116 Å². The van der Waals surface area contributed by atoms with Crippen LogP contribution in [0.3, 0.4) is 0 Å². The molecule has 38 heavy (non-hydrogen) atoms. The first-order valence-electron chi connectivity index (χ1n) is 15.7. The average molecular weight is 542 g/mol. The quantitative estimate of drug-likeness (QED) is 0.0804. The van der Waals surface area contributed by atoms with Crippen molar-refractivity contribution in [3.63, 3.8) is 0 Å². The van der Waals surface area contributed by atoms with Crippen molar-refractivity contribution in [2.75, 3.05) is 19.8 Å². The minimum absolute atomic E-state index is 0.0375. The summed E-state index contributed by atoms with van der Waals surface area (Å²) in [7, 11) is 0. The highest BCUT2D eigenvalue weighted by molar-refractivity contribution is 5.72. The zero-order valence-electron chi connectivity index (χ0n) is 24.7. The summed E-state index contributed by atoms with van der Waals surface area (Å²) in [5, 5.41) is 12.3. The lowest BCUT2D eigenvalue weighted by molar-refractivity contribution is -0.161. The Morgan fingerprint density at radius 3 is 1.50 bits per heavy atom. The Morgan fingerprint density at radius 2 is 1.05 bits per heavy atom. The van der Waals surface area contributed by atoms with Crippen LogP contribution in [0.25, 0.3) is 0 Å². The second-order valence-corrected chi connectivity index (χ2v) is 10.7. The highest BCUT2D eigenvalue weighted by Gasteiger charge is 2.16. The van der Waals surface area contributed by atoms with Crippen LogP contribution in [-0.2, 0) is 23.9 Å². The molecule has 0 radical (unpaired) electrons. The molecule has 1 amide bonds. The Labute approximate surface area is 233 Å². The van der Waals surface area contributed by atoms with Crippen LogP contribution in [0.1, 0.15) is 155 Å². The van der Waals surface area contributed by atoms with E-state index < -0.39 is 6.10 Å². The summed E-state index contributed by atoms with van der Waals surface area (Å²) in [6, 6.07) is 0. The molecule has 0 aliphatic carbocycles. The van der Waals surface area contributed by atoms with Crippen LogP contribution < -0.4 is 5.32 Å². The summed E-state index contributed by atoms with van der Waals surface area (Å²) in [5.41, 5.74) is 0. The van der Waals surface area contributed by atoms with Crippen molar-refractivity contribution in [3.05, 3.63) is 0 Å². The van der Waals surface area contributed by atoms with Crippen LogP contribution in [0.2, 0.25) is 0 Å². The van der Waals surface area contributed by atoms with Crippen LogP contribution in [0.15, 0.2) is 0 Å². The molecule has 1 atom stereocenters. The molecule has 0 unspecified atom stereocenters. The van der Waals surface area contributed by atoms with E-state index in [0.29, 0.717) is 12.8 Å². The van der Waals surface area contributed by atoms with Crippen LogP contribution >= 0.6 is 0 Å². The molecule has 0 saturated heterocycles. The highest BCUT2D eigenvalue weighted by atomic mass is 16.6. The molecule has 0 fully saturated rings. The largest absolute Gasteiger partial charge is 0.462 e. The first-order valence-corrected chi connectivity index (χ1v) is 15.7. The number of amides is 1. The van der Waals surface area contributed by atoms with Gasteiger partial charge in [0.2, 0.25) is 5.91 Å². The molecule has 7 nitrogen and oxygen atoms in total. The Bertz CT molecular complexity index is 569. The van der Waals surface area contributed by atoms with Crippen molar-refractivity contribution < 1.29 is 29.0 Å². The molecule has 2 N–H and O–H groups in total. The van der Waals surface area contributed by atoms with Crippen molar-refractivity contribution >= 4 is 17.8 Å². The summed E-state index contributed by atoms with van der Waals surface area (Å²) >= 11 is 0. The number of esters is 2. The normalized spacial score (nSPS) is 11.8. The summed E-state index contributed by atoms with van der Waals surface area (Å²) in [6.45, 7) is 4.13. The fraction of sp³-hybridized carbons (Fsp3) is 0.903. The maximum atomic E-state index is 12.0. The molecule has 0 aromatic rings. The molecule has 0 rings (SSSR count). The predicted octanol–water partition coefficient (Wildman–Crippen LogP) is 7.17. The third kappa shape index (κ3) is 27.4. The maximum absolute atomic E-state index is 12.0. The van der Waals surface area contributed by atoms with Crippen LogP contribution in [0.5, 0.6) is 0 Å². The molecule has 224 valence electrons. The lowest BCUT2D eigenvalue weighted by Gasteiger charge is -2.15. The minimum Gasteiger partial charge on any atom is -0.462 e. The fourth-order valence-electron chi connectivity index (χ4n) is 4.46. The van der Waals surface area contributed by atoms with Crippen molar-refractivity contribution in [3.8, 4) is 0 Å². The number of aliphatic hydroxyl groups excluding tert-OH is 1. The molecule has 0 bridgehead atoms. The second kappa shape index (κ2) is 28.4. The van der Waals surface area contributed by atoms with E-state index in [1.54, 1.807) is 6.92 Å². The smallest absolute Gasteiger partial charge is 0.306 e. The molecular weight excluding hydrogens is 482 g/mol. The van der Waals surface area contributed by atoms with Crippen LogP contribution in [0, 0.1) is 0 Å². The molecular formula is C31H59NO6. The van der Waals surface area contributed by atoms with Gasteiger partial charge >= 0.3 is 11.9 Å². The second-order valence-electron chi connectivity index (χ2n) is 10.7. The number of rotatable bonds is 28. The molecule has 0 aliphatic heterocycles. The summed E-state index contributed by atoms with van der Waals surface area (Å²) in [5.74, 6) is -0.594. The number of hydrogen-bond acceptors (Lipinski definition) is 6. The van der Waals surface area contributed by atoms with Gasteiger partial charge in [0.05, 0.1) is 6.61 Å². The van der Waals surface area contributed by atoms with Crippen molar-refractivity contribution in [2.24, 2.45) is 0 Å². The van der Waals surface area contributed by atoms with E-state index in [0.717, 1.165) is 57.9 Å². The minimum atomic E-state index is -0.780. The maximum Gasteiger partial charge on any atom is 0.306 e. The van der Waals surface area contributed by atoms with Gasteiger partial charge in [0.25, 0.3) is 0 Å². The number of unbranched alkanes of at least 4 members (excludes halogenated alkanes) is 18. The van der Waals surface area contributed by atoms with Gasteiger partial charge in [-0.3, -0.25) is 14.4 Å². The van der Waals surface area contributed by atoms with Gasteiger partial charge in [-0.05, 0) is 19.3 Å². The van der Waals surface area contributed by atoms with Gasteiger partial charge in [-0.15, -0.1) is 0 Å². The van der Waals surface area contributed by atoms with E-state index in [4.69, 9.17) is 9.47 Å². The Morgan fingerprint density at radius 1 is 0.632 bits per heavy atom. The lowest BCUT2D eigenvalue weighted by atomic mass is 10.1. The van der Waals surface area contributed by atoms with E-state index in [1.807, 2.05) is 0 Å². The number of ether oxygens (including phenoxy) is 2. The molecule has 0 heterocycles. The molecule has 0 aromatic carbocycles. The van der Waals surface area contributed by atoms with E-state index in [2.05, 4.69) is 12.2 Å². The number of carbonyl (C=O) groups is 3. The molecule has 0 spiro atoms. The fourth-order valence-corrected chi connectivity index (χ4v) is 4.46. The van der Waals surface area contributed by atoms with E-state index in [9.17, 15) is 19.5 Å². The zero-order valence-corrected chi connectivity index (χ0v) is 24.7. The third-order valence-corrected chi connectivity index (χ3v) is 6.85. The van der Waals surface area contributed by atoms with Gasteiger partial charge in [0.15, 0.2) is 6.10 Å². The molecule has 0 saturated carbocycles. The summed E-state index contributed by atoms with van der Waals surface area (Å²) in [4.78, 5) is 34.8. The standard InChI is InChI=1S/C31H59NO6/c1-3-4-5-6-7-8-9-11-15-18-21-24-31(36)38-29(26-33)27-37-30(35)23-20-17-14-12-10-13-16-19-22-25-32-28(2)34/h29,33H,3-27H2,1-2H3,(H,32,34)/t29-/m0/s1. The van der Waals surface area contributed by atoms with E-state index >= 15 is 0 Å². The molecule has 7 heteroatoms. The van der Waals surface area contributed by atoms with Crippen molar-refractivity contribution in [2.45, 2.75) is 161 Å². The number of nitrogens with one attached hydrogen (secondary N) is 1. The third-order valence-electron chi connectivity index (χ3n) is 6.85. The first-order chi connectivity index (χ1) is 18.5. The van der Waals surface area contributed by atoms with Gasteiger partial charge in [-0.2, -0.15) is 0 Å². The monoisotopic (exact) mass is 541 g/mol. The topological polar surface area (TPSA) is 102 Å². The molecule has 0 aromatic heterocycles. The van der Waals surface area contributed by atoms with Crippen molar-refractivity contribution in [1.29, 1.82) is 0 Å². The Kier molecular flexibility index (Phi) is 27.2. The SMILES string of the molecule is CCCCCCCCCCCCCC(=O)O[C@@H](CO)COC(=O)CCCCCCCCCCCNC(C)=O. The zero-order chi connectivity index (χ0) is 28.1. The average Bonchev–Trinajstić information content (AvgIpc) is 2.90.